The second-order valence-electron chi connectivity index (χ2n) is 5.94. The third-order valence-corrected chi connectivity index (χ3v) is 3.70. The van der Waals surface area contributed by atoms with Crippen LogP contribution < -0.4 is 15.4 Å². The molecule has 1 aliphatic heterocycles. The van der Waals surface area contributed by atoms with Crippen LogP contribution in [-0.4, -0.2) is 37.1 Å². The van der Waals surface area contributed by atoms with E-state index in [0.717, 1.165) is 16.9 Å². The predicted octanol–water partition coefficient (Wildman–Crippen LogP) is 2.61. The zero-order valence-electron chi connectivity index (χ0n) is 13.5. The molecule has 130 valence electrons. The van der Waals surface area contributed by atoms with E-state index in [1.807, 2.05) is 32.0 Å². The molecule has 4 nitrogen and oxygen atoms in total. The van der Waals surface area contributed by atoms with E-state index in [1.165, 1.54) is 0 Å². The molecule has 1 aromatic rings. The van der Waals surface area contributed by atoms with Gasteiger partial charge in [0.1, 0.15) is 12.4 Å². The summed E-state index contributed by atoms with van der Waals surface area (Å²) in [5.74, 6) is -2.41. The summed E-state index contributed by atoms with van der Waals surface area (Å²) < 4.78 is 31.9. The molecule has 1 aliphatic rings. The number of alkyl halides is 2. The van der Waals surface area contributed by atoms with E-state index in [9.17, 15) is 13.6 Å². The van der Waals surface area contributed by atoms with Crippen molar-refractivity contribution >= 4 is 18.3 Å². The third kappa shape index (κ3) is 5.32. The molecule has 0 bridgehead atoms. The normalized spacial score (nSPS) is 20.5. The number of ether oxygens (including phenoxy) is 1. The molecule has 1 fully saturated rings. The number of hydrogen-bond donors (Lipinski definition) is 2. The highest BCUT2D eigenvalue weighted by Crippen LogP contribution is 2.25. The van der Waals surface area contributed by atoms with Gasteiger partial charge in [0.25, 0.3) is 5.92 Å². The molecule has 2 N–H and O–H groups in total. The quantitative estimate of drug-likeness (QED) is 0.860. The van der Waals surface area contributed by atoms with Crippen molar-refractivity contribution in [3.63, 3.8) is 0 Å². The Morgan fingerprint density at radius 1 is 1.43 bits per heavy atom. The highest BCUT2D eigenvalue weighted by Gasteiger charge is 2.42. The van der Waals surface area contributed by atoms with Gasteiger partial charge in [-0.15, -0.1) is 12.4 Å². The van der Waals surface area contributed by atoms with Gasteiger partial charge < -0.3 is 10.1 Å². The molecule has 0 radical (unpaired) electrons. The van der Waals surface area contributed by atoms with E-state index in [2.05, 4.69) is 10.6 Å². The minimum absolute atomic E-state index is 0. The first-order chi connectivity index (χ1) is 10.3. The summed E-state index contributed by atoms with van der Waals surface area (Å²) in [6.45, 7) is 5.55. The van der Waals surface area contributed by atoms with E-state index in [4.69, 9.17) is 4.74 Å². The lowest BCUT2D eigenvalue weighted by atomic mass is 10.1. The van der Waals surface area contributed by atoms with Crippen LogP contribution >= 0.6 is 12.4 Å². The van der Waals surface area contributed by atoms with Gasteiger partial charge >= 0.3 is 0 Å². The van der Waals surface area contributed by atoms with Crippen LogP contribution in [0.2, 0.25) is 0 Å². The lowest BCUT2D eigenvalue weighted by molar-refractivity contribution is -0.124. The smallest absolute Gasteiger partial charge is 0.262 e. The van der Waals surface area contributed by atoms with Crippen LogP contribution in [0.15, 0.2) is 18.2 Å². The van der Waals surface area contributed by atoms with Crippen LogP contribution in [0, 0.1) is 13.8 Å². The summed E-state index contributed by atoms with van der Waals surface area (Å²) in [5.41, 5.74) is 2.05. The summed E-state index contributed by atoms with van der Waals surface area (Å²) in [6.07, 6.45) is -0.455. The van der Waals surface area contributed by atoms with Gasteiger partial charge in [0.05, 0.1) is 18.6 Å². The van der Waals surface area contributed by atoms with Gasteiger partial charge in [-0.3, -0.25) is 10.1 Å². The lowest BCUT2D eigenvalue weighted by Gasteiger charge is -2.19. The largest absolute Gasteiger partial charge is 0.491 e. The topological polar surface area (TPSA) is 50.4 Å². The van der Waals surface area contributed by atoms with Crippen LogP contribution in [0.4, 0.5) is 8.78 Å². The van der Waals surface area contributed by atoms with Crippen LogP contribution in [0.25, 0.3) is 0 Å². The lowest BCUT2D eigenvalue weighted by Crippen LogP contribution is -2.46. The summed E-state index contributed by atoms with van der Waals surface area (Å²) in [4.78, 5) is 11.9. The van der Waals surface area contributed by atoms with Gasteiger partial charge in [0, 0.05) is 6.42 Å². The number of amides is 1. The van der Waals surface area contributed by atoms with Crippen molar-refractivity contribution in [2.24, 2.45) is 0 Å². The standard InChI is InChI=1S/C16H22F2N2O2.ClH/c1-10-5-4-6-11(2)14(10)22-8-12(3)20-15(21)13-7-16(17,18)9-19-13;/h4-6,12-13,19H,7-9H2,1-3H3,(H,20,21);1H. The Hall–Kier alpha value is -1.40. The maximum Gasteiger partial charge on any atom is 0.262 e. The van der Waals surface area contributed by atoms with Crippen LogP contribution in [0.5, 0.6) is 5.75 Å². The molecule has 7 heteroatoms. The SMILES string of the molecule is Cc1cccc(C)c1OCC(C)NC(=O)C1CC(F)(F)CN1.Cl. The summed E-state index contributed by atoms with van der Waals surface area (Å²) >= 11 is 0. The van der Waals surface area contributed by atoms with Crippen molar-refractivity contribution in [3.8, 4) is 5.75 Å². The number of carbonyl (C=O) groups excluding carboxylic acids is 1. The summed E-state index contributed by atoms with van der Waals surface area (Å²) in [7, 11) is 0. The minimum atomic E-state index is -2.81. The molecule has 1 heterocycles. The Morgan fingerprint density at radius 3 is 2.57 bits per heavy atom. The molecule has 1 saturated heterocycles. The van der Waals surface area contributed by atoms with Gasteiger partial charge in [-0.05, 0) is 31.9 Å². The molecule has 2 unspecified atom stereocenters. The van der Waals surface area contributed by atoms with Gasteiger partial charge in [-0.25, -0.2) is 8.78 Å². The Morgan fingerprint density at radius 2 is 2.04 bits per heavy atom. The Balaban J connectivity index is 0.00000264. The first kappa shape index (κ1) is 19.6. The van der Waals surface area contributed by atoms with Crippen molar-refractivity contribution < 1.29 is 18.3 Å². The highest BCUT2D eigenvalue weighted by molar-refractivity contribution is 5.85. The number of carbonyl (C=O) groups is 1. The van der Waals surface area contributed by atoms with Crippen LogP contribution in [0.3, 0.4) is 0 Å². The summed E-state index contributed by atoms with van der Waals surface area (Å²) in [6, 6.07) is 4.76. The van der Waals surface area contributed by atoms with Crippen LogP contribution in [-0.2, 0) is 4.79 Å². The second kappa shape index (κ2) is 7.93. The van der Waals surface area contributed by atoms with E-state index in [1.54, 1.807) is 6.92 Å². The number of benzene rings is 1. The molecule has 0 spiro atoms. The van der Waals surface area contributed by atoms with E-state index in [-0.39, 0.29) is 18.4 Å². The monoisotopic (exact) mass is 348 g/mol. The number of rotatable bonds is 5. The Bertz CT molecular complexity index is 535. The number of halogens is 3. The maximum absolute atomic E-state index is 13.1. The molecule has 0 aromatic heterocycles. The minimum Gasteiger partial charge on any atom is -0.491 e. The van der Waals surface area contributed by atoms with Crippen molar-refractivity contribution in [3.05, 3.63) is 29.3 Å². The predicted molar refractivity (Wildman–Crippen MR) is 87.6 cm³/mol. The fraction of sp³-hybridized carbons (Fsp3) is 0.562. The highest BCUT2D eigenvalue weighted by atomic mass is 35.5. The molecule has 1 aromatic carbocycles. The second-order valence-corrected chi connectivity index (χ2v) is 5.94. The molecule has 1 amide bonds. The molecule has 2 atom stereocenters. The number of para-hydroxylation sites is 1. The zero-order valence-corrected chi connectivity index (χ0v) is 14.3. The fourth-order valence-electron chi connectivity index (χ4n) is 2.52. The third-order valence-electron chi connectivity index (χ3n) is 3.70. The van der Waals surface area contributed by atoms with Gasteiger partial charge in [0.2, 0.25) is 5.91 Å². The van der Waals surface area contributed by atoms with Gasteiger partial charge in [-0.2, -0.15) is 0 Å². The van der Waals surface area contributed by atoms with Gasteiger partial charge in [-0.1, -0.05) is 18.2 Å². The Labute approximate surface area is 141 Å². The fourth-order valence-corrected chi connectivity index (χ4v) is 2.52. The van der Waals surface area contributed by atoms with E-state index < -0.39 is 30.8 Å². The molecule has 0 saturated carbocycles. The average molecular weight is 349 g/mol. The van der Waals surface area contributed by atoms with Crippen molar-refractivity contribution in [1.82, 2.24) is 10.6 Å². The average Bonchev–Trinajstić information content (AvgIpc) is 2.78. The molecule has 2 rings (SSSR count). The van der Waals surface area contributed by atoms with Gasteiger partial charge in [0.15, 0.2) is 0 Å². The molecular weight excluding hydrogens is 326 g/mol. The molecular formula is C16H23ClF2N2O2. The molecule has 0 aliphatic carbocycles. The Kier molecular flexibility index (Phi) is 6.77. The zero-order chi connectivity index (χ0) is 16.3. The van der Waals surface area contributed by atoms with E-state index in [0.29, 0.717) is 6.61 Å². The number of aryl methyl sites for hydroxylation is 2. The first-order valence-corrected chi connectivity index (χ1v) is 7.39. The van der Waals surface area contributed by atoms with E-state index >= 15 is 0 Å². The first-order valence-electron chi connectivity index (χ1n) is 7.39. The maximum atomic E-state index is 13.1. The van der Waals surface area contributed by atoms with Crippen molar-refractivity contribution in [2.75, 3.05) is 13.2 Å². The van der Waals surface area contributed by atoms with Crippen LogP contribution in [0.1, 0.15) is 24.5 Å². The molecule has 23 heavy (non-hydrogen) atoms. The van der Waals surface area contributed by atoms with Crippen molar-refractivity contribution in [2.45, 2.75) is 45.2 Å². The van der Waals surface area contributed by atoms with Crippen molar-refractivity contribution in [1.29, 1.82) is 0 Å². The summed E-state index contributed by atoms with van der Waals surface area (Å²) in [5, 5.41) is 5.25. The number of hydrogen-bond acceptors (Lipinski definition) is 3. The number of nitrogens with one attached hydrogen (secondary N) is 2.